The normalized spacial score (nSPS) is 22.2. The molecule has 0 aliphatic carbocycles. The second-order valence-electron chi connectivity index (χ2n) is 4.54. The Morgan fingerprint density at radius 3 is 2.92 bits per heavy atom. The molecule has 1 atom stereocenters. The summed E-state index contributed by atoms with van der Waals surface area (Å²) in [5.41, 5.74) is 0.215. The lowest BCUT2D eigenvalue weighted by Gasteiger charge is -2.33. The number of fused-ring (bicyclic) bond motifs is 1. The van der Waals surface area contributed by atoms with Gasteiger partial charge in [-0.15, -0.1) is 0 Å². The van der Waals surface area contributed by atoms with E-state index in [2.05, 4.69) is 41.6 Å². The molecule has 0 saturated heterocycles. The van der Waals surface area contributed by atoms with Crippen molar-refractivity contribution in [2.24, 2.45) is 5.41 Å². The SMILES string of the molecule is CC(C)(C)C1CCNc2nnnn21. The van der Waals surface area contributed by atoms with Gasteiger partial charge in [-0.3, -0.25) is 0 Å². The first kappa shape index (κ1) is 8.47. The minimum Gasteiger partial charge on any atom is -0.353 e. The summed E-state index contributed by atoms with van der Waals surface area (Å²) in [7, 11) is 0. The van der Waals surface area contributed by atoms with E-state index < -0.39 is 0 Å². The lowest BCUT2D eigenvalue weighted by Crippen LogP contribution is -2.32. The molecule has 2 rings (SSSR count). The zero-order valence-corrected chi connectivity index (χ0v) is 8.28. The van der Waals surface area contributed by atoms with Crippen LogP contribution in [-0.4, -0.2) is 26.8 Å². The fourth-order valence-corrected chi connectivity index (χ4v) is 1.76. The maximum atomic E-state index is 4.00. The smallest absolute Gasteiger partial charge is 0.243 e. The summed E-state index contributed by atoms with van der Waals surface area (Å²) in [6.45, 7) is 7.61. The minimum atomic E-state index is 0.215. The number of nitrogens with one attached hydrogen (secondary N) is 1. The molecule has 0 bridgehead atoms. The van der Waals surface area contributed by atoms with Gasteiger partial charge in [0, 0.05) is 6.54 Å². The molecule has 1 N–H and O–H groups in total. The molecular formula is C8H15N5. The number of hydrogen-bond donors (Lipinski definition) is 1. The monoisotopic (exact) mass is 181 g/mol. The minimum absolute atomic E-state index is 0.215. The van der Waals surface area contributed by atoms with Crippen LogP contribution in [0, 0.1) is 5.41 Å². The molecular weight excluding hydrogens is 166 g/mol. The van der Waals surface area contributed by atoms with Crippen LogP contribution in [0.15, 0.2) is 0 Å². The number of anilines is 1. The van der Waals surface area contributed by atoms with Gasteiger partial charge in [-0.25, -0.2) is 4.68 Å². The summed E-state index contributed by atoms with van der Waals surface area (Å²) in [4.78, 5) is 0. The Morgan fingerprint density at radius 2 is 2.23 bits per heavy atom. The van der Waals surface area contributed by atoms with Crippen LogP contribution in [0.3, 0.4) is 0 Å². The van der Waals surface area contributed by atoms with Gasteiger partial charge in [0.2, 0.25) is 5.95 Å². The van der Waals surface area contributed by atoms with Gasteiger partial charge >= 0.3 is 0 Å². The van der Waals surface area contributed by atoms with Crippen molar-refractivity contribution in [2.45, 2.75) is 33.2 Å². The molecule has 0 amide bonds. The molecule has 0 saturated carbocycles. The van der Waals surface area contributed by atoms with Crippen molar-refractivity contribution in [2.75, 3.05) is 11.9 Å². The predicted molar refractivity (Wildman–Crippen MR) is 49.4 cm³/mol. The molecule has 1 aromatic rings. The average Bonchev–Trinajstić information content (AvgIpc) is 2.48. The summed E-state index contributed by atoms with van der Waals surface area (Å²) in [5.74, 6) is 0.797. The fourth-order valence-electron chi connectivity index (χ4n) is 1.76. The van der Waals surface area contributed by atoms with Gasteiger partial charge in [0.05, 0.1) is 6.04 Å². The van der Waals surface area contributed by atoms with Crippen LogP contribution in [0.4, 0.5) is 5.95 Å². The van der Waals surface area contributed by atoms with E-state index in [1.807, 2.05) is 4.68 Å². The second kappa shape index (κ2) is 2.68. The molecule has 1 aliphatic heterocycles. The molecule has 0 aromatic carbocycles. The highest BCUT2D eigenvalue weighted by Gasteiger charge is 2.31. The van der Waals surface area contributed by atoms with E-state index in [9.17, 15) is 0 Å². The average molecular weight is 181 g/mol. The van der Waals surface area contributed by atoms with Gasteiger partial charge in [0.25, 0.3) is 0 Å². The molecule has 2 heterocycles. The van der Waals surface area contributed by atoms with Crippen LogP contribution >= 0.6 is 0 Å². The molecule has 0 spiro atoms. The molecule has 5 nitrogen and oxygen atoms in total. The van der Waals surface area contributed by atoms with E-state index in [1.54, 1.807) is 0 Å². The van der Waals surface area contributed by atoms with E-state index in [-0.39, 0.29) is 5.41 Å². The summed E-state index contributed by atoms with van der Waals surface area (Å²) in [6, 6.07) is 0.402. The van der Waals surface area contributed by atoms with Gasteiger partial charge in [-0.1, -0.05) is 25.9 Å². The van der Waals surface area contributed by atoms with Crippen LogP contribution in [0.1, 0.15) is 33.2 Å². The molecule has 1 unspecified atom stereocenters. The Bertz CT molecular complexity index is 298. The molecule has 0 radical (unpaired) electrons. The molecule has 5 heteroatoms. The van der Waals surface area contributed by atoms with Gasteiger partial charge < -0.3 is 5.32 Å². The number of tetrazole rings is 1. The topological polar surface area (TPSA) is 55.6 Å². The Hall–Kier alpha value is -1.13. The summed E-state index contributed by atoms with van der Waals surface area (Å²) in [6.07, 6.45) is 1.08. The number of rotatable bonds is 0. The van der Waals surface area contributed by atoms with Crippen LogP contribution in [0.25, 0.3) is 0 Å². The number of hydrogen-bond acceptors (Lipinski definition) is 4. The summed E-state index contributed by atoms with van der Waals surface area (Å²) >= 11 is 0. The molecule has 0 fully saturated rings. The molecule has 13 heavy (non-hydrogen) atoms. The number of aromatic nitrogens is 4. The standard InChI is InChI=1S/C8H15N5/c1-8(2,3)6-4-5-9-7-10-11-12-13(6)7/h6H,4-5H2,1-3H3,(H,9,10,12). The van der Waals surface area contributed by atoms with E-state index in [4.69, 9.17) is 0 Å². The predicted octanol–water partition coefficient (Wildman–Crippen LogP) is 1.08. The van der Waals surface area contributed by atoms with E-state index in [1.165, 1.54) is 0 Å². The summed E-state index contributed by atoms with van der Waals surface area (Å²) < 4.78 is 1.89. The first-order valence-corrected chi connectivity index (χ1v) is 4.61. The fraction of sp³-hybridized carbons (Fsp3) is 0.875. The van der Waals surface area contributed by atoms with Gasteiger partial charge in [0.15, 0.2) is 0 Å². The second-order valence-corrected chi connectivity index (χ2v) is 4.54. The Balaban J connectivity index is 2.35. The highest BCUT2D eigenvalue weighted by Crippen LogP contribution is 2.35. The maximum absolute atomic E-state index is 4.00. The van der Waals surface area contributed by atoms with Gasteiger partial charge in [-0.2, -0.15) is 0 Å². The number of nitrogens with zero attached hydrogens (tertiary/aromatic N) is 4. The first-order chi connectivity index (χ1) is 6.09. The zero-order chi connectivity index (χ0) is 9.47. The van der Waals surface area contributed by atoms with Crippen molar-refractivity contribution in [3.8, 4) is 0 Å². The lowest BCUT2D eigenvalue weighted by molar-refractivity contribution is 0.207. The van der Waals surface area contributed by atoms with Crippen LogP contribution in [0.5, 0.6) is 0 Å². The third-order valence-electron chi connectivity index (χ3n) is 2.49. The van der Waals surface area contributed by atoms with Crippen molar-refractivity contribution in [1.82, 2.24) is 20.2 Å². The van der Waals surface area contributed by atoms with Gasteiger partial charge in [-0.05, 0) is 22.3 Å². The third-order valence-corrected chi connectivity index (χ3v) is 2.49. The molecule has 1 aliphatic rings. The Morgan fingerprint density at radius 1 is 1.46 bits per heavy atom. The van der Waals surface area contributed by atoms with Crippen molar-refractivity contribution >= 4 is 5.95 Å². The van der Waals surface area contributed by atoms with Crippen molar-refractivity contribution in [1.29, 1.82) is 0 Å². The van der Waals surface area contributed by atoms with E-state index in [0.29, 0.717) is 6.04 Å². The largest absolute Gasteiger partial charge is 0.353 e. The highest BCUT2D eigenvalue weighted by molar-refractivity contribution is 5.25. The third kappa shape index (κ3) is 1.38. The Kier molecular flexibility index (Phi) is 1.75. The molecule has 72 valence electrons. The van der Waals surface area contributed by atoms with E-state index in [0.717, 1.165) is 18.9 Å². The van der Waals surface area contributed by atoms with Crippen LogP contribution in [-0.2, 0) is 0 Å². The van der Waals surface area contributed by atoms with Gasteiger partial charge in [0.1, 0.15) is 0 Å². The maximum Gasteiger partial charge on any atom is 0.243 e. The zero-order valence-electron chi connectivity index (χ0n) is 8.28. The molecule has 1 aromatic heterocycles. The Labute approximate surface area is 77.5 Å². The highest BCUT2D eigenvalue weighted by atomic mass is 15.6. The summed E-state index contributed by atoms with van der Waals surface area (Å²) in [5, 5.41) is 14.7. The van der Waals surface area contributed by atoms with Crippen LogP contribution in [0.2, 0.25) is 0 Å². The van der Waals surface area contributed by atoms with Crippen molar-refractivity contribution in [3.05, 3.63) is 0 Å². The van der Waals surface area contributed by atoms with E-state index >= 15 is 0 Å². The lowest BCUT2D eigenvalue weighted by atomic mass is 9.84. The van der Waals surface area contributed by atoms with Crippen molar-refractivity contribution < 1.29 is 0 Å². The van der Waals surface area contributed by atoms with Crippen molar-refractivity contribution in [3.63, 3.8) is 0 Å². The quantitative estimate of drug-likeness (QED) is 0.650. The van der Waals surface area contributed by atoms with Crippen LogP contribution < -0.4 is 5.32 Å². The first-order valence-electron chi connectivity index (χ1n) is 4.61.